The molecule has 3 heteroatoms. The van der Waals surface area contributed by atoms with Crippen LogP contribution in [0.25, 0.3) is 0 Å². The van der Waals surface area contributed by atoms with Gasteiger partial charge >= 0.3 is 0 Å². The Morgan fingerprint density at radius 3 is 3.10 bits per heavy atom. The van der Waals surface area contributed by atoms with E-state index in [9.17, 15) is 4.79 Å². The SMILES string of the molecule is C[C@H](CC=O)C1CCNN1. The van der Waals surface area contributed by atoms with E-state index in [1.165, 1.54) is 0 Å². The van der Waals surface area contributed by atoms with Crippen LogP contribution in [0.5, 0.6) is 0 Å². The topological polar surface area (TPSA) is 41.1 Å². The van der Waals surface area contributed by atoms with E-state index < -0.39 is 0 Å². The summed E-state index contributed by atoms with van der Waals surface area (Å²) >= 11 is 0. The average Bonchev–Trinajstić information content (AvgIpc) is 2.38. The Balaban J connectivity index is 2.24. The molecule has 1 unspecified atom stereocenters. The maximum Gasteiger partial charge on any atom is 0.120 e. The first kappa shape index (κ1) is 7.69. The number of carbonyl (C=O) groups is 1. The van der Waals surface area contributed by atoms with Gasteiger partial charge in [0, 0.05) is 19.0 Å². The van der Waals surface area contributed by atoms with Gasteiger partial charge in [-0.3, -0.25) is 10.9 Å². The van der Waals surface area contributed by atoms with E-state index in [1.54, 1.807) is 0 Å². The first-order chi connectivity index (χ1) is 4.84. The van der Waals surface area contributed by atoms with Crippen molar-refractivity contribution in [3.05, 3.63) is 0 Å². The van der Waals surface area contributed by atoms with Crippen LogP contribution in [-0.2, 0) is 4.79 Å². The minimum absolute atomic E-state index is 0.465. The monoisotopic (exact) mass is 142 g/mol. The number of aldehydes is 1. The molecule has 1 saturated heterocycles. The van der Waals surface area contributed by atoms with Crippen LogP contribution >= 0.6 is 0 Å². The Hall–Kier alpha value is -0.410. The van der Waals surface area contributed by atoms with E-state index in [4.69, 9.17) is 0 Å². The van der Waals surface area contributed by atoms with Crippen molar-refractivity contribution >= 4 is 6.29 Å². The fourth-order valence-electron chi connectivity index (χ4n) is 1.25. The maximum atomic E-state index is 10.1. The summed E-state index contributed by atoms with van der Waals surface area (Å²) in [6, 6.07) is 0.491. The van der Waals surface area contributed by atoms with Crippen molar-refractivity contribution in [2.45, 2.75) is 25.8 Å². The van der Waals surface area contributed by atoms with Crippen molar-refractivity contribution in [2.75, 3.05) is 6.54 Å². The number of hydrogen-bond donors (Lipinski definition) is 2. The molecular formula is C7H14N2O. The van der Waals surface area contributed by atoms with Crippen LogP contribution in [0.1, 0.15) is 19.8 Å². The molecule has 0 aromatic heterocycles. The van der Waals surface area contributed by atoms with Crippen molar-refractivity contribution in [2.24, 2.45) is 5.92 Å². The Morgan fingerprint density at radius 1 is 1.80 bits per heavy atom. The lowest BCUT2D eigenvalue weighted by molar-refractivity contribution is -0.108. The molecule has 1 aliphatic heterocycles. The lowest BCUT2D eigenvalue weighted by Gasteiger charge is -2.15. The molecule has 0 aromatic carbocycles. The van der Waals surface area contributed by atoms with E-state index in [0.29, 0.717) is 18.4 Å². The second-order valence-corrected chi connectivity index (χ2v) is 2.85. The van der Waals surface area contributed by atoms with E-state index in [2.05, 4.69) is 17.8 Å². The van der Waals surface area contributed by atoms with E-state index in [-0.39, 0.29) is 0 Å². The maximum absolute atomic E-state index is 10.1. The third-order valence-corrected chi connectivity index (χ3v) is 2.02. The van der Waals surface area contributed by atoms with Gasteiger partial charge in [-0.15, -0.1) is 0 Å². The van der Waals surface area contributed by atoms with E-state index in [0.717, 1.165) is 19.3 Å². The molecule has 2 N–H and O–H groups in total. The molecular weight excluding hydrogens is 128 g/mol. The smallest absolute Gasteiger partial charge is 0.120 e. The lowest BCUT2D eigenvalue weighted by atomic mass is 9.98. The molecule has 2 atom stereocenters. The first-order valence-electron chi connectivity index (χ1n) is 3.76. The van der Waals surface area contributed by atoms with Gasteiger partial charge in [-0.2, -0.15) is 0 Å². The number of hydrogen-bond acceptors (Lipinski definition) is 3. The number of hydrazine groups is 1. The lowest BCUT2D eigenvalue weighted by Crippen LogP contribution is -2.34. The quantitative estimate of drug-likeness (QED) is 0.548. The normalized spacial score (nSPS) is 28.3. The molecule has 0 aliphatic carbocycles. The number of nitrogens with one attached hydrogen (secondary N) is 2. The predicted octanol–water partition coefficient (Wildman–Crippen LogP) is 0.0780. The summed E-state index contributed by atoms with van der Waals surface area (Å²) in [6.45, 7) is 3.12. The summed E-state index contributed by atoms with van der Waals surface area (Å²) in [5, 5.41) is 0. The van der Waals surface area contributed by atoms with Gasteiger partial charge < -0.3 is 4.79 Å². The first-order valence-corrected chi connectivity index (χ1v) is 3.76. The average molecular weight is 142 g/mol. The Labute approximate surface area is 61.2 Å². The van der Waals surface area contributed by atoms with Crippen LogP contribution in [0, 0.1) is 5.92 Å². The predicted molar refractivity (Wildman–Crippen MR) is 39.4 cm³/mol. The van der Waals surface area contributed by atoms with Crippen molar-refractivity contribution in [3.63, 3.8) is 0 Å². The Morgan fingerprint density at radius 2 is 2.60 bits per heavy atom. The zero-order valence-electron chi connectivity index (χ0n) is 6.26. The summed E-state index contributed by atoms with van der Waals surface area (Å²) in [7, 11) is 0. The molecule has 0 aromatic rings. The van der Waals surface area contributed by atoms with Crippen LogP contribution in [0.3, 0.4) is 0 Å². The van der Waals surface area contributed by atoms with Crippen LogP contribution in [0.15, 0.2) is 0 Å². The highest BCUT2D eigenvalue weighted by atomic mass is 16.1. The molecule has 10 heavy (non-hydrogen) atoms. The number of rotatable bonds is 3. The summed E-state index contributed by atoms with van der Waals surface area (Å²) in [4.78, 5) is 10.1. The second-order valence-electron chi connectivity index (χ2n) is 2.85. The van der Waals surface area contributed by atoms with Crippen molar-refractivity contribution in [1.29, 1.82) is 0 Å². The molecule has 0 spiro atoms. The third-order valence-electron chi connectivity index (χ3n) is 2.02. The molecule has 0 radical (unpaired) electrons. The standard InChI is InChI=1S/C7H14N2O/c1-6(3-5-10)7-2-4-8-9-7/h5-9H,2-4H2,1H3/t6-,7?/m1/s1. The molecule has 1 aliphatic rings. The molecule has 1 rings (SSSR count). The summed E-state index contributed by atoms with van der Waals surface area (Å²) in [5.74, 6) is 0.465. The third kappa shape index (κ3) is 1.78. The second kappa shape index (κ2) is 3.68. The van der Waals surface area contributed by atoms with Gasteiger partial charge in [-0.25, -0.2) is 0 Å². The van der Waals surface area contributed by atoms with Crippen LogP contribution in [-0.4, -0.2) is 18.9 Å². The minimum Gasteiger partial charge on any atom is -0.303 e. The van der Waals surface area contributed by atoms with Gasteiger partial charge in [0.15, 0.2) is 0 Å². The minimum atomic E-state index is 0.465. The van der Waals surface area contributed by atoms with Gasteiger partial charge in [0.05, 0.1) is 0 Å². The molecule has 3 nitrogen and oxygen atoms in total. The van der Waals surface area contributed by atoms with Gasteiger partial charge in [0.2, 0.25) is 0 Å². The summed E-state index contributed by atoms with van der Waals surface area (Å²) in [5.41, 5.74) is 6.18. The molecule has 1 heterocycles. The number of carbonyl (C=O) groups excluding carboxylic acids is 1. The molecule has 1 fully saturated rings. The zero-order valence-corrected chi connectivity index (χ0v) is 6.26. The van der Waals surface area contributed by atoms with Gasteiger partial charge in [-0.05, 0) is 12.3 Å². The van der Waals surface area contributed by atoms with Crippen molar-refractivity contribution in [3.8, 4) is 0 Å². The van der Waals surface area contributed by atoms with Crippen molar-refractivity contribution in [1.82, 2.24) is 10.9 Å². The highest BCUT2D eigenvalue weighted by Crippen LogP contribution is 2.11. The van der Waals surface area contributed by atoms with Gasteiger partial charge in [0.1, 0.15) is 6.29 Å². The highest BCUT2D eigenvalue weighted by Gasteiger charge is 2.19. The summed E-state index contributed by atoms with van der Waals surface area (Å²) < 4.78 is 0. The summed E-state index contributed by atoms with van der Waals surface area (Å²) in [6.07, 6.45) is 2.79. The van der Waals surface area contributed by atoms with Gasteiger partial charge in [-0.1, -0.05) is 6.92 Å². The highest BCUT2D eigenvalue weighted by molar-refractivity contribution is 5.49. The van der Waals surface area contributed by atoms with Crippen LogP contribution in [0.2, 0.25) is 0 Å². The Kier molecular flexibility index (Phi) is 2.83. The van der Waals surface area contributed by atoms with Gasteiger partial charge in [0.25, 0.3) is 0 Å². The zero-order chi connectivity index (χ0) is 7.40. The van der Waals surface area contributed by atoms with Crippen LogP contribution < -0.4 is 10.9 Å². The van der Waals surface area contributed by atoms with E-state index in [1.807, 2.05) is 0 Å². The molecule has 0 amide bonds. The van der Waals surface area contributed by atoms with Crippen LogP contribution in [0.4, 0.5) is 0 Å². The van der Waals surface area contributed by atoms with E-state index >= 15 is 0 Å². The Bertz CT molecular complexity index is 110. The fraction of sp³-hybridized carbons (Fsp3) is 0.857. The van der Waals surface area contributed by atoms with Crippen molar-refractivity contribution < 1.29 is 4.79 Å². The molecule has 58 valence electrons. The fourth-order valence-corrected chi connectivity index (χ4v) is 1.25. The molecule has 0 bridgehead atoms. The largest absolute Gasteiger partial charge is 0.303 e. The molecule has 0 saturated carbocycles.